The van der Waals surface area contributed by atoms with Crippen LogP contribution in [0.3, 0.4) is 0 Å². The second kappa shape index (κ2) is 10.8. The molecule has 0 bridgehead atoms. The zero-order chi connectivity index (χ0) is 24.8. The van der Waals surface area contributed by atoms with E-state index >= 15 is 0 Å². The fourth-order valence-electron chi connectivity index (χ4n) is 4.85. The first-order chi connectivity index (χ1) is 17.6. The number of carbonyl (C=O) groups excluding carboxylic acids is 2. The molecule has 0 aliphatic carbocycles. The molecule has 0 aromatic heterocycles. The molecule has 3 aromatic carbocycles. The Labute approximate surface area is 210 Å². The first-order valence-corrected chi connectivity index (χ1v) is 12.3. The fourth-order valence-corrected chi connectivity index (χ4v) is 4.85. The van der Waals surface area contributed by atoms with Gasteiger partial charge < -0.3 is 24.8 Å². The van der Waals surface area contributed by atoms with Crippen molar-refractivity contribution in [3.8, 4) is 11.5 Å². The monoisotopic (exact) mass is 486 g/mol. The van der Waals surface area contributed by atoms with E-state index in [9.17, 15) is 9.59 Å². The Kier molecular flexibility index (Phi) is 7.18. The summed E-state index contributed by atoms with van der Waals surface area (Å²) in [6.45, 7) is 1.96. The van der Waals surface area contributed by atoms with Gasteiger partial charge in [0.2, 0.25) is 12.7 Å². The van der Waals surface area contributed by atoms with Crippen LogP contribution in [0.15, 0.2) is 78.9 Å². The van der Waals surface area contributed by atoms with Crippen LogP contribution in [0.4, 0.5) is 0 Å². The van der Waals surface area contributed by atoms with Crippen molar-refractivity contribution in [2.75, 3.05) is 26.6 Å². The predicted octanol–water partition coefficient (Wildman–Crippen LogP) is 4.14. The highest BCUT2D eigenvalue weighted by atomic mass is 16.7. The number of benzene rings is 3. The molecule has 2 aliphatic heterocycles. The van der Waals surface area contributed by atoms with Gasteiger partial charge in [-0.2, -0.15) is 0 Å². The lowest BCUT2D eigenvalue weighted by atomic mass is 9.74. The van der Waals surface area contributed by atoms with E-state index in [1.807, 2.05) is 60.7 Å². The molecule has 0 saturated carbocycles. The quantitative estimate of drug-likeness (QED) is 0.500. The molecule has 186 valence electrons. The van der Waals surface area contributed by atoms with Gasteiger partial charge in [-0.15, -0.1) is 0 Å². The molecule has 7 heteroatoms. The number of carbonyl (C=O) groups is 2. The summed E-state index contributed by atoms with van der Waals surface area (Å²) in [5.41, 5.74) is 2.29. The number of hydrogen-bond donors (Lipinski definition) is 2. The second-order valence-electron chi connectivity index (χ2n) is 9.24. The van der Waals surface area contributed by atoms with Gasteiger partial charge in [0.15, 0.2) is 11.5 Å². The molecule has 5 rings (SSSR count). The number of hydrogen-bond acceptors (Lipinski definition) is 5. The van der Waals surface area contributed by atoms with Crippen LogP contribution < -0.4 is 20.1 Å². The number of nitrogens with one attached hydrogen (secondary N) is 2. The van der Waals surface area contributed by atoms with Crippen LogP contribution in [-0.4, -0.2) is 38.4 Å². The van der Waals surface area contributed by atoms with Crippen molar-refractivity contribution in [3.05, 3.63) is 95.6 Å². The normalized spacial score (nSPS) is 16.7. The van der Waals surface area contributed by atoms with Crippen molar-refractivity contribution in [2.24, 2.45) is 0 Å². The Bertz CT molecular complexity index is 1190. The summed E-state index contributed by atoms with van der Waals surface area (Å²) in [6.07, 6.45) is 1.72. The summed E-state index contributed by atoms with van der Waals surface area (Å²) in [4.78, 5) is 26.1. The minimum Gasteiger partial charge on any atom is -0.454 e. The van der Waals surface area contributed by atoms with E-state index in [4.69, 9.17) is 14.2 Å². The maximum absolute atomic E-state index is 13.2. The molecule has 1 unspecified atom stereocenters. The van der Waals surface area contributed by atoms with Crippen molar-refractivity contribution >= 4 is 11.8 Å². The van der Waals surface area contributed by atoms with Crippen molar-refractivity contribution < 1.29 is 23.8 Å². The van der Waals surface area contributed by atoms with Crippen molar-refractivity contribution in [1.29, 1.82) is 0 Å². The second-order valence-corrected chi connectivity index (χ2v) is 9.24. The molecule has 2 amide bonds. The van der Waals surface area contributed by atoms with E-state index < -0.39 is 6.04 Å². The number of ether oxygens (including phenoxy) is 3. The van der Waals surface area contributed by atoms with Crippen LogP contribution >= 0.6 is 0 Å². The zero-order valence-corrected chi connectivity index (χ0v) is 20.1. The minimum atomic E-state index is -0.449. The zero-order valence-electron chi connectivity index (χ0n) is 20.1. The predicted molar refractivity (Wildman–Crippen MR) is 135 cm³/mol. The van der Waals surface area contributed by atoms with E-state index in [0.29, 0.717) is 25.3 Å². The first-order valence-electron chi connectivity index (χ1n) is 12.3. The highest BCUT2D eigenvalue weighted by Crippen LogP contribution is 2.40. The summed E-state index contributed by atoms with van der Waals surface area (Å²) < 4.78 is 16.7. The lowest BCUT2D eigenvalue weighted by Crippen LogP contribution is -2.45. The number of amides is 2. The molecule has 1 fully saturated rings. The molecular formula is C29H30N2O5. The molecule has 2 heterocycles. The third-order valence-corrected chi connectivity index (χ3v) is 6.99. The van der Waals surface area contributed by atoms with Gasteiger partial charge in [-0.1, -0.05) is 54.6 Å². The van der Waals surface area contributed by atoms with Gasteiger partial charge in [0.05, 0.1) is 12.5 Å². The summed E-state index contributed by atoms with van der Waals surface area (Å²) >= 11 is 0. The van der Waals surface area contributed by atoms with Gasteiger partial charge in [-0.05, 0) is 48.2 Å². The Balaban J connectivity index is 1.30. The van der Waals surface area contributed by atoms with Crippen LogP contribution in [0, 0.1) is 0 Å². The molecule has 2 aliphatic rings. The Morgan fingerprint density at radius 2 is 1.56 bits per heavy atom. The van der Waals surface area contributed by atoms with Gasteiger partial charge in [0.25, 0.3) is 5.91 Å². The number of rotatable bonds is 8. The van der Waals surface area contributed by atoms with Crippen LogP contribution in [0.25, 0.3) is 0 Å². The highest BCUT2D eigenvalue weighted by molar-refractivity contribution is 5.94. The minimum absolute atomic E-state index is 0.121. The average molecular weight is 487 g/mol. The summed E-state index contributed by atoms with van der Waals surface area (Å²) in [5, 5.41) is 6.19. The summed E-state index contributed by atoms with van der Waals surface area (Å²) in [5.74, 6) is 1.14. The summed E-state index contributed by atoms with van der Waals surface area (Å²) in [6, 6.07) is 24.2. The molecule has 36 heavy (non-hydrogen) atoms. The standard InChI is InChI=1S/C29H30N2O5/c32-27(18-24(21-7-3-1-4-8-21)31-28(33)22-9-5-2-6-10-22)30-19-29(13-15-34-16-14-29)23-11-12-25-26(17-23)36-20-35-25/h1-12,17,24H,13-16,18-20H2,(H,30,32)(H,31,33). The third-order valence-electron chi connectivity index (χ3n) is 6.99. The van der Waals surface area contributed by atoms with Gasteiger partial charge >= 0.3 is 0 Å². The Morgan fingerprint density at radius 3 is 2.31 bits per heavy atom. The van der Waals surface area contributed by atoms with Crippen molar-refractivity contribution in [3.63, 3.8) is 0 Å². The van der Waals surface area contributed by atoms with Crippen LogP contribution in [0.1, 0.15) is 46.8 Å². The molecule has 7 nitrogen and oxygen atoms in total. The molecule has 1 saturated heterocycles. The maximum atomic E-state index is 13.2. The molecule has 0 radical (unpaired) electrons. The fraction of sp³-hybridized carbons (Fsp3) is 0.310. The van der Waals surface area contributed by atoms with Gasteiger partial charge in [0, 0.05) is 30.7 Å². The van der Waals surface area contributed by atoms with E-state index in [1.165, 1.54) is 0 Å². The topological polar surface area (TPSA) is 85.9 Å². The van der Waals surface area contributed by atoms with E-state index in [-0.39, 0.29) is 30.4 Å². The molecule has 0 spiro atoms. The van der Waals surface area contributed by atoms with Gasteiger partial charge in [0.1, 0.15) is 0 Å². The van der Waals surface area contributed by atoms with Crippen LogP contribution in [0.5, 0.6) is 11.5 Å². The van der Waals surface area contributed by atoms with E-state index in [1.54, 1.807) is 12.1 Å². The molecule has 2 N–H and O–H groups in total. The first kappa shape index (κ1) is 23.9. The van der Waals surface area contributed by atoms with Crippen LogP contribution in [0.2, 0.25) is 0 Å². The van der Waals surface area contributed by atoms with Crippen molar-refractivity contribution in [2.45, 2.75) is 30.7 Å². The largest absolute Gasteiger partial charge is 0.454 e. The van der Waals surface area contributed by atoms with E-state index in [2.05, 4.69) is 16.7 Å². The lowest BCUT2D eigenvalue weighted by molar-refractivity contribution is -0.122. The molecule has 1 atom stereocenters. The Hall–Kier alpha value is -3.84. The van der Waals surface area contributed by atoms with Crippen LogP contribution in [-0.2, 0) is 14.9 Å². The molecular weight excluding hydrogens is 456 g/mol. The third kappa shape index (κ3) is 5.36. The average Bonchev–Trinajstić information content (AvgIpc) is 3.41. The van der Waals surface area contributed by atoms with E-state index in [0.717, 1.165) is 35.5 Å². The maximum Gasteiger partial charge on any atom is 0.251 e. The molecule has 3 aromatic rings. The Morgan fingerprint density at radius 1 is 0.861 bits per heavy atom. The SMILES string of the molecule is O=C(CC(NC(=O)c1ccccc1)c1ccccc1)NCC1(c2ccc3c(c2)OCO3)CCOCC1. The number of fused-ring (bicyclic) bond motifs is 1. The van der Waals surface area contributed by atoms with Gasteiger partial charge in [-0.3, -0.25) is 9.59 Å². The summed E-state index contributed by atoms with van der Waals surface area (Å²) in [7, 11) is 0. The highest BCUT2D eigenvalue weighted by Gasteiger charge is 2.36. The van der Waals surface area contributed by atoms with Crippen molar-refractivity contribution in [1.82, 2.24) is 10.6 Å². The lowest BCUT2D eigenvalue weighted by Gasteiger charge is -2.38. The van der Waals surface area contributed by atoms with Gasteiger partial charge in [-0.25, -0.2) is 0 Å². The smallest absolute Gasteiger partial charge is 0.251 e.